The van der Waals surface area contributed by atoms with Gasteiger partial charge in [0.15, 0.2) is 0 Å². The van der Waals surface area contributed by atoms with E-state index < -0.39 is 0 Å². The van der Waals surface area contributed by atoms with Crippen LogP contribution in [0.15, 0.2) is 0 Å². The molecule has 0 bridgehead atoms. The van der Waals surface area contributed by atoms with Crippen molar-refractivity contribution in [2.45, 2.75) is 25.5 Å². The molecule has 1 atom stereocenters. The fourth-order valence-corrected chi connectivity index (χ4v) is 0.968. The Morgan fingerprint density at radius 3 is 2.75 bits per heavy atom. The SMILES string of the molecule is CNC1CCCCO1. The van der Waals surface area contributed by atoms with Crippen molar-refractivity contribution >= 4 is 0 Å². The second-order valence-electron chi connectivity index (χ2n) is 2.14. The van der Waals surface area contributed by atoms with Crippen molar-refractivity contribution in [2.75, 3.05) is 13.7 Å². The maximum atomic E-state index is 5.32. The zero-order valence-corrected chi connectivity index (χ0v) is 5.31. The first kappa shape index (κ1) is 6.05. The first-order valence-corrected chi connectivity index (χ1v) is 3.22. The highest BCUT2D eigenvalue weighted by molar-refractivity contribution is 4.57. The van der Waals surface area contributed by atoms with E-state index in [1.807, 2.05) is 7.05 Å². The molecule has 0 amide bonds. The van der Waals surface area contributed by atoms with Gasteiger partial charge in [0.2, 0.25) is 0 Å². The first-order chi connectivity index (χ1) is 3.93. The molecule has 1 saturated heterocycles. The zero-order valence-electron chi connectivity index (χ0n) is 5.31. The van der Waals surface area contributed by atoms with Gasteiger partial charge in [-0.25, -0.2) is 0 Å². The minimum atomic E-state index is 0.337. The van der Waals surface area contributed by atoms with Gasteiger partial charge in [0, 0.05) is 6.61 Å². The molecule has 1 unspecified atom stereocenters. The lowest BCUT2D eigenvalue weighted by Crippen LogP contribution is -2.31. The molecule has 0 spiro atoms. The average Bonchev–Trinajstić information content (AvgIpc) is 1.90. The van der Waals surface area contributed by atoms with E-state index in [1.54, 1.807) is 0 Å². The molecule has 1 rings (SSSR count). The molecule has 1 N–H and O–H groups in total. The quantitative estimate of drug-likeness (QED) is 0.544. The van der Waals surface area contributed by atoms with E-state index in [2.05, 4.69) is 5.32 Å². The summed E-state index contributed by atoms with van der Waals surface area (Å²) < 4.78 is 5.32. The van der Waals surface area contributed by atoms with Crippen LogP contribution in [0, 0.1) is 0 Å². The standard InChI is InChI=1S/C6H13NO/c1-7-6-4-2-3-5-8-6/h6-7H,2-5H2,1H3. The largest absolute Gasteiger partial charge is 0.363 e. The van der Waals surface area contributed by atoms with Crippen LogP contribution in [0.2, 0.25) is 0 Å². The lowest BCUT2D eigenvalue weighted by molar-refractivity contribution is -0.000317. The molecule has 0 radical (unpaired) electrons. The fourth-order valence-electron chi connectivity index (χ4n) is 0.968. The smallest absolute Gasteiger partial charge is 0.107 e. The van der Waals surface area contributed by atoms with Gasteiger partial charge in [-0.2, -0.15) is 0 Å². The first-order valence-electron chi connectivity index (χ1n) is 3.22. The van der Waals surface area contributed by atoms with E-state index in [9.17, 15) is 0 Å². The van der Waals surface area contributed by atoms with Gasteiger partial charge in [-0.15, -0.1) is 0 Å². The third-order valence-corrected chi connectivity index (χ3v) is 1.50. The molecule has 1 aliphatic heterocycles. The van der Waals surface area contributed by atoms with Gasteiger partial charge < -0.3 is 4.74 Å². The molecule has 0 aromatic carbocycles. The highest BCUT2D eigenvalue weighted by atomic mass is 16.5. The summed E-state index contributed by atoms with van der Waals surface area (Å²) in [5.41, 5.74) is 0. The van der Waals surface area contributed by atoms with Crippen LogP contribution in [0.5, 0.6) is 0 Å². The van der Waals surface area contributed by atoms with E-state index in [-0.39, 0.29) is 0 Å². The Labute approximate surface area is 50.2 Å². The molecule has 1 heterocycles. The Morgan fingerprint density at radius 2 is 2.38 bits per heavy atom. The van der Waals surface area contributed by atoms with Crippen molar-refractivity contribution in [3.8, 4) is 0 Å². The molecular formula is C6H13NO. The van der Waals surface area contributed by atoms with Gasteiger partial charge >= 0.3 is 0 Å². The zero-order chi connectivity index (χ0) is 5.82. The third kappa shape index (κ3) is 1.46. The molecule has 2 heteroatoms. The molecule has 2 nitrogen and oxygen atoms in total. The molecule has 0 saturated carbocycles. The van der Waals surface area contributed by atoms with Crippen LogP contribution in [-0.2, 0) is 4.74 Å². The van der Waals surface area contributed by atoms with E-state index in [4.69, 9.17) is 4.74 Å². The lowest BCUT2D eigenvalue weighted by Gasteiger charge is -2.21. The van der Waals surface area contributed by atoms with E-state index in [0.29, 0.717) is 6.23 Å². The fraction of sp³-hybridized carbons (Fsp3) is 1.00. The summed E-state index contributed by atoms with van der Waals surface area (Å²) in [6, 6.07) is 0. The van der Waals surface area contributed by atoms with Crippen LogP contribution < -0.4 is 5.32 Å². The Hall–Kier alpha value is -0.0800. The molecule has 48 valence electrons. The normalized spacial score (nSPS) is 30.4. The summed E-state index contributed by atoms with van der Waals surface area (Å²) in [6.07, 6.45) is 4.06. The number of nitrogens with one attached hydrogen (secondary N) is 1. The van der Waals surface area contributed by atoms with Crippen LogP contribution in [0.25, 0.3) is 0 Å². The van der Waals surface area contributed by atoms with Crippen LogP contribution in [-0.4, -0.2) is 19.9 Å². The highest BCUT2D eigenvalue weighted by Crippen LogP contribution is 2.08. The van der Waals surface area contributed by atoms with Crippen LogP contribution >= 0.6 is 0 Å². The van der Waals surface area contributed by atoms with Crippen molar-refractivity contribution in [3.05, 3.63) is 0 Å². The molecular weight excluding hydrogens is 102 g/mol. The second kappa shape index (κ2) is 3.05. The van der Waals surface area contributed by atoms with Gasteiger partial charge in [-0.05, 0) is 26.3 Å². The Balaban J connectivity index is 2.13. The number of rotatable bonds is 1. The summed E-state index contributed by atoms with van der Waals surface area (Å²) in [5.74, 6) is 0. The molecule has 0 aliphatic carbocycles. The Morgan fingerprint density at radius 1 is 1.50 bits per heavy atom. The summed E-state index contributed by atoms with van der Waals surface area (Å²) in [4.78, 5) is 0. The molecule has 1 fully saturated rings. The predicted octanol–water partition coefficient (Wildman–Crippen LogP) is 0.732. The summed E-state index contributed by atoms with van der Waals surface area (Å²) in [6.45, 7) is 0.936. The van der Waals surface area contributed by atoms with Gasteiger partial charge in [0.25, 0.3) is 0 Å². The maximum absolute atomic E-state index is 5.32. The summed E-state index contributed by atoms with van der Waals surface area (Å²) in [7, 11) is 1.94. The van der Waals surface area contributed by atoms with Crippen LogP contribution in [0.4, 0.5) is 0 Å². The van der Waals surface area contributed by atoms with Gasteiger partial charge in [0.05, 0.1) is 0 Å². The Kier molecular flexibility index (Phi) is 2.30. The number of hydrogen-bond donors (Lipinski definition) is 1. The van der Waals surface area contributed by atoms with Gasteiger partial charge in [-0.3, -0.25) is 5.32 Å². The van der Waals surface area contributed by atoms with Crippen molar-refractivity contribution in [2.24, 2.45) is 0 Å². The molecule has 0 aromatic heterocycles. The summed E-state index contributed by atoms with van der Waals surface area (Å²) in [5, 5.41) is 3.08. The maximum Gasteiger partial charge on any atom is 0.107 e. The van der Waals surface area contributed by atoms with E-state index in [0.717, 1.165) is 6.61 Å². The Bertz CT molecular complexity index is 59.5. The average molecular weight is 115 g/mol. The van der Waals surface area contributed by atoms with Crippen molar-refractivity contribution < 1.29 is 4.74 Å². The molecule has 1 aliphatic rings. The van der Waals surface area contributed by atoms with Crippen molar-refractivity contribution in [3.63, 3.8) is 0 Å². The minimum absolute atomic E-state index is 0.337. The van der Waals surface area contributed by atoms with Gasteiger partial charge in [0.1, 0.15) is 6.23 Å². The lowest BCUT2D eigenvalue weighted by atomic mass is 10.2. The van der Waals surface area contributed by atoms with Gasteiger partial charge in [-0.1, -0.05) is 0 Å². The second-order valence-corrected chi connectivity index (χ2v) is 2.14. The molecule has 0 aromatic rings. The monoisotopic (exact) mass is 115 g/mol. The number of ether oxygens (including phenoxy) is 1. The van der Waals surface area contributed by atoms with E-state index in [1.165, 1.54) is 19.3 Å². The topological polar surface area (TPSA) is 21.3 Å². The van der Waals surface area contributed by atoms with Crippen LogP contribution in [0.3, 0.4) is 0 Å². The summed E-state index contributed by atoms with van der Waals surface area (Å²) >= 11 is 0. The van der Waals surface area contributed by atoms with Crippen LogP contribution in [0.1, 0.15) is 19.3 Å². The van der Waals surface area contributed by atoms with Crippen molar-refractivity contribution in [1.82, 2.24) is 5.32 Å². The van der Waals surface area contributed by atoms with Crippen molar-refractivity contribution in [1.29, 1.82) is 0 Å². The predicted molar refractivity (Wildman–Crippen MR) is 32.7 cm³/mol. The van der Waals surface area contributed by atoms with E-state index >= 15 is 0 Å². The highest BCUT2D eigenvalue weighted by Gasteiger charge is 2.09. The minimum Gasteiger partial charge on any atom is -0.363 e. The number of hydrogen-bond acceptors (Lipinski definition) is 2. The third-order valence-electron chi connectivity index (χ3n) is 1.50. The molecule has 8 heavy (non-hydrogen) atoms.